The second kappa shape index (κ2) is 6.79. The van der Waals surface area contributed by atoms with Crippen molar-refractivity contribution in [3.05, 3.63) is 94.0 Å². The number of benzene rings is 4. The van der Waals surface area contributed by atoms with Crippen molar-refractivity contribution in [3.63, 3.8) is 0 Å². The fourth-order valence-electron chi connectivity index (χ4n) is 4.37. The fraction of sp³-hybridized carbons (Fsp3) is 0.0769. The molecule has 0 N–H and O–H groups in total. The third-order valence-electron chi connectivity index (χ3n) is 5.89. The number of carbonyl (C=O) groups is 1. The molecule has 150 valence electrons. The summed E-state index contributed by atoms with van der Waals surface area (Å²) in [6.45, 7) is 2.57. The lowest BCUT2D eigenvalue weighted by Gasteiger charge is -2.16. The number of fused-ring (bicyclic) bond motifs is 3. The van der Waals surface area contributed by atoms with E-state index in [1.165, 1.54) is 0 Å². The minimum Gasteiger partial charge on any atom is -0.436 e. The van der Waals surface area contributed by atoms with E-state index >= 15 is 0 Å². The second-order valence-corrected chi connectivity index (χ2v) is 8.67. The van der Waals surface area contributed by atoms with Gasteiger partial charge in [0.1, 0.15) is 5.52 Å². The second-order valence-electron chi connectivity index (χ2n) is 7.82. The lowest BCUT2D eigenvalue weighted by Crippen LogP contribution is -2.23. The Hall–Kier alpha value is -3.44. The molecule has 4 aromatic carbocycles. The Morgan fingerprint density at radius 2 is 1.71 bits per heavy atom. The zero-order valence-electron chi connectivity index (χ0n) is 16.7. The Morgan fingerprint density at radius 3 is 2.58 bits per heavy atom. The molecule has 0 aliphatic carbocycles. The van der Waals surface area contributed by atoms with Crippen LogP contribution < -0.4 is 4.90 Å². The van der Waals surface area contributed by atoms with Gasteiger partial charge in [0.15, 0.2) is 5.58 Å². The van der Waals surface area contributed by atoms with Crippen LogP contribution in [0.4, 0.5) is 5.69 Å². The van der Waals surface area contributed by atoms with Gasteiger partial charge in [-0.1, -0.05) is 58.4 Å². The van der Waals surface area contributed by atoms with E-state index in [2.05, 4.69) is 28.1 Å². The molecule has 0 radical (unpaired) electrons. The molecular formula is C26H17BrN2O2. The number of rotatable bonds is 2. The van der Waals surface area contributed by atoms with Gasteiger partial charge < -0.3 is 9.32 Å². The highest BCUT2D eigenvalue weighted by molar-refractivity contribution is 9.10. The predicted octanol–water partition coefficient (Wildman–Crippen LogP) is 6.88. The summed E-state index contributed by atoms with van der Waals surface area (Å²) in [5.41, 5.74) is 6.05. The molecule has 6 rings (SSSR count). The third-order valence-corrected chi connectivity index (χ3v) is 6.58. The number of nitrogens with zero attached hydrogens (tertiary/aromatic N) is 2. The van der Waals surface area contributed by atoms with Gasteiger partial charge in [0.2, 0.25) is 5.89 Å². The maximum Gasteiger partial charge on any atom is 0.258 e. The average Bonchev–Trinajstić information content (AvgIpc) is 3.36. The Bertz CT molecular complexity index is 1520. The van der Waals surface area contributed by atoms with Gasteiger partial charge in [0.25, 0.3) is 5.91 Å². The zero-order chi connectivity index (χ0) is 21.1. The lowest BCUT2D eigenvalue weighted by atomic mass is 10.0. The van der Waals surface area contributed by atoms with Crippen molar-refractivity contribution in [2.24, 2.45) is 0 Å². The van der Waals surface area contributed by atoms with Crippen molar-refractivity contribution in [3.8, 4) is 11.5 Å². The number of oxazole rings is 1. The topological polar surface area (TPSA) is 46.3 Å². The van der Waals surface area contributed by atoms with Gasteiger partial charge in [-0.3, -0.25) is 4.79 Å². The zero-order valence-corrected chi connectivity index (χ0v) is 18.3. The molecular weight excluding hydrogens is 452 g/mol. The Morgan fingerprint density at radius 1 is 0.935 bits per heavy atom. The fourth-order valence-corrected chi connectivity index (χ4v) is 4.87. The summed E-state index contributed by atoms with van der Waals surface area (Å²) in [7, 11) is 0. The van der Waals surface area contributed by atoms with Crippen LogP contribution in [0.25, 0.3) is 33.3 Å². The first kappa shape index (κ1) is 18.3. The van der Waals surface area contributed by atoms with Crippen molar-refractivity contribution in [1.82, 2.24) is 4.98 Å². The summed E-state index contributed by atoms with van der Waals surface area (Å²) in [5, 5.41) is 2.19. The van der Waals surface area contributed by atoms with E-state index in [0.29, 0.717) is 12.4 Å². The van der Waals surface area contributed by atoms with E-state index in [1.807, 2.05) is 67.6 Å². The first-order chi connectivity index (χ1) is 15.1. The first-order valence-electron chi connectivity index (χ1n) is 10.1. The number of hydrogen-bond donors (Lipinski definition) is 0. The van der Waals surface area contributed by atoms with Crippen LogP contribution in [-0.4, -0.2) is 10.9 Å². The molecule has 0 bridgehead atoms. The van der Waals surface area contributed by atoms with Gasteiger partial charge in [-0.15, -0.1) is 0 Å². The van der Waals surface area contributed by atoms with E-state index in [1.54, 1.807) is 4.90 Å². The minimum absolute atomic E-state index is 0.0250. The molecule has 31 heavy (non-hydrogen) atoms. The number of carbonyl (C=O) groups excluding carboxylic acids is 1. The van der Waals surface area contributed by atoms with E-state index < -0.39 is 0 Å². The number of hydrogen-bond acceptors (Lipinski definition) is 3. The van der Waals surface area contributed by atoms with Crippen LogP contribution in [0.2, 0.25) is 0 Å². The molecule has 0 saturated heterocycles. The van der Waals surface area contributed by atoms with Gasteiger partial charge in [0, 0.05) is 21.3 Å². The average molecular weight is 469 g/mol. The highest BCUT2D eigenvalue weighted by Crippen LogP contribution is 2.36. The number of aryl methyl sites for hydroxylation is 1. The van der Waals surface area contributed by atoms with Crippen molar-refractivity contribution < 1.29 is 9.21 Å². The van der Waals surface area contributed by atoms with Crippen LogP contribution in [0.1, 0.15) is 21.5 Å². The highest BCUT2D eigenvalue weighted by Gasteiger charge is 2.29. The summed E-state index contributed by atoms with van der Waals surface area (Å²) in [5.74, 6) is 0.604. The normalized spacial score (nSPS) is 13.4. The van der Waals surface area contributed by atoms with Gasteiger partial charge in [-0.2, -0.15) is 0 Å². The van der Waals surface area contributed by atoms with E-state index in [4.69, 9.17) is 9.40 Å². The Balaban J connectivity index is 1.48. The van der Waals surface area contributed by atoms with Gasteiger partial charge in [0.05, 0.1) is 6.54 Å². The highest BCUT2D eigenvalue weighted by atomic mass is 79.9. The van der Waals surface area contributed by atoms with Crippen LogP contribution >= 0.6 is 15.9 Å². The molecule has 0 saturated carbocycles. The summed E-state index contributed by atoms with van der Waals surface area (Å²) in [6.07, 6.45) is 0. The van der Waals surface area contributed by atoms with Gasteiger partial charge in [-0.05, 0) is 59.2 Å². The first-order valence-corrected chi connectivity index (χ1v) is 10.9. The molecule has 0 fully saturated rings. The van der Waals surface area contributed by atoms with Crippen molar-refractivity contribution in [2.45, 2.75) is 13.5 Å². The minimum atomic E-state index is 0.0250. The third kappa shape index (κ3) is 2.81. The van der Waals surface area contributed by atoms with Gasteiger partial charge >= 0.3 is 0 Å². The standard InChI is InChI=1S/C26H17BrN2O2/c1-15-12-17(29-14-16-6-2-3-7-18(16)26(29)30)13-23-24(15)31-25(28-23)21-10-4-9-20-19(21)8-5-11-22(20)27/h2-13H,14H2,1H3. The number of halogens is 1. The number of anilines is 1. The largest absolute Gasteiger partial charge is 0.436 e. The summed E-state index contributed by atoms with van der Waals surface area (Å²) in [6, 6.07) is 23.9. The Labute approximate surface area is 187 Å². The molecule has 1 aliphatic heterocycles. The van der Waals surface area contributed by atoms with Crippen LogP contribution in [0.15, 0.2) is 81.7 Å². The molecule has 1 aromatic heterocycles. The van der Waals surface area contributed by atoms with E-state index in [9.17, 15) is 4.79 Å². The number of aromatic nitrogens is 1. The maximum atomic E-state index is 12.9. The van der Waals surface area contributed by atoms with Crippen LogP contribution in [-0.2, 0) is 6.54 Å². The molecule has 4 nitrogen and oxygen atoms in total. The van der Waals surface area contributed by atoms with Crippen molar-refractivity contribution in [1.29, 1.82) is 0 Å². The molecule has 5 aromatic rings. The van der Waals surface area contributed by atoms with Crippen molar-refractivity contribution in [2.75, 3.05) is 4.90 Å². The smallest absolute Gasteiger partial charge is 0.258 e. The molecule has 0 atom stereocenters. The van der Waals surface area contributed by atoms with Crippen LogP contribution in [0.5, 0.6) is 0 Å². The quantitative estimate of drug-likeness (QED) is 0.283. The molecule has 0 unspecified atom stereocenters. The molecule has 0 spiro atoms. The summed E-state index contributed by atoms with van der Waals surface area (Å²) in [4.78, 5) is 19.5. The molecule has 1 aliphatic rings. The van der Waals surface area contributed by atoms with E-state index in [0.717, 1.165) is 54.3 Å². The molecule has 2 heterocycles. The van der Waals surface area contributed by atoms with Crippen LogP contribution in [0, 0.1) is 6.92 Å². The Kier molecular flexibility index (Phi) is 4.02. The predicted molar refractivity (Wildman–Crippen MR) is 126 cm³/mol. The SMILES string of the molecule is Cc1cc(N2Cc3ccccc3C2=O)cc2nc(-c3cccc4c(Br)cccc34)oc12. The summed E-state index contributed by atoms with van der Waals surface area (Å²) < 4.78 is 7.24. The van der Waals surface area contributed by atoms with E-state index in [-0.39, 0.29) is 5.91 Å². The van der Waals surface area contributed by atoms with Gasteiger partial charge in [-0.25, -0.2) is 4.98 Å². The molecule has 5 heteroatoms. The summed E-state index contributed by atoms with van der Waals surface area (Å²) >= 11 is 3.63. The van der Waals surface area contributed by atoms with Crippen LogP contribution in [0.3, 0.4) is 0 Å². The monoisotopic (exact) mass is 468 g/mol. The maximum absolute atomic E-state index is 12.9. The van der Waals surface area contributed by atoms with Crippen molar-refractivity contribution >= 4 is 49.4 Å². The number of amides is 1. The molecule has 1 amide bonds. The lowest BCUT2D eigenvalue weighted by molar-refractivity contribution is 0.0996.